The van der Waals surface area contributed by atoms with Gasteiger partial charge in [-0.15, -0.1) is 0 Å². The van der Waals surface area contributed by atoms with E-state index in [0.29, 0.717) is 24.1 Å². The quantitative estimate of drug-likeness (QED) is 0.468. The second-order valence-electron chi connectivity index (χ2n) is 7.13. The Morgan fingerprint density at radius 2 is 1.43 bits per heavy atom. The number of carbonyl (C=O) groups excluding carboxylic acids is 1. The molecule has 2 N–H and O–H groups in total. The summed E-state index contributed by atoms with van der Waals surface area (Å²) in [6.45, 7) is 0.322. The molecular weight excluding hydrogens is 444 g/mol. The Morgan fingerprint density at radius 3 is 1.96 bits per heavy atom. The molecule has 1 amide bonds. The van der Waals surface area contributed by atoms with Gasteiger partial charge in [-0.2, -0.15) is 0 Å². The molecule has 4 unspecified atom stereocenters. The summed E-state index contributed by atoms with van der Waals surface area (Å²) in [5.41, 5.74) is 2.20. The molecule has 8 heteroatoms. The Bertz CT molecular complexity index is 979. The SMILES string of the molecule is O=C(O)C1C2CC(c3c(Cl)c(Cl)c(Cl)c(Cl)c32)C1C(=O)NCc1ccccc1. The highest BCUT2D eigenvalue weighted by atomic mass is 35.5. The van der Waals surface area contributed by atoms with Crippen molar-refractivity contribution in [1.29, 1.82) is 0 Å². The monoisotopic (exact) mass is 457 g/mol. The third-order valence-electron chi connectivity index (χ3n) is 5.74. The van der Waals surface area contributed by atoms with Crippen LogP contribution < -0.4 is 5.32 Å². The van der Waals surface area contributed by atoms with Crippen molar-refractivity contribution in [2.45, 2.75) is 24.8 Å². The molecule has 2 bridgehead atoms. The number of carboxylic acid groups (broad SMARTS) is 1. The van der Waals surface area contributed by atoms with Crippen molar-refractivity contribution in [2.24, 2.45) is 11.8 Å². The maximum atomic E-state index is 13.0. The normalized spacial score (nSPS) is 24.9. The lowest BCUT2D eigenvalue weighted by molar-refractivity contribution is -0.147. The molecule has 4 nitrogen and oxygen atoms in total. The first-order valence-electron chi connectivity index (χ1n) is 8.73. The smallest absolute Gasteiger partial charge is 0.307 e. The van der Waals surface area contributed by atoms with Crippen LogP contribution in [0.2, 0.25) is 20.1 Å². The Balaban J connectivity index is 1.70. The molecule has 2 aliphatic rings. The topological polar surface area (TPSA) is 66.4 Å². The number of amides is 1. The molecule has 1 saturated carbocycles. The largest absolute Gasteiger partial charge is 0.481 e. The van der Waals surface area contributed by atoms with Crippen LogP contribution in [0.3, 0.4) is 0 Å². The molecule has 0 saturated heterocycles. The predicted molar refractivity (Wildman–Crippen MR) is 109 cm³/mol. The van der Waals surface area contributed by atoms with Crippen LogP contribution in [0.15, 0.2) is 30.3 Å². The van der Waals surface area contributed by atoms with Crippen molar-refractivity contribution in [2.75, 3.05) is 0 Å². The first-order valence-corrected chi connectivity index (χ1v) is 10.2. The van der Waals surface area contributed by atoms with E-state index in [1.54, 1.807) is 0 Å². The summed E-state index contributed by atoms with van der Waals surface area (Å²) in [5.74, 6) is -3.77. The molecular formula is C20H15Cl4NO3. The number of rotatable bonds is 4. The minimum atomic E-state index is -1.03. The van der Waals surface area contributed by atoms with Crippen LogP contribution in [0.25, 0.3) is 0 Å². The van der Waals surface area contributed by atoms with E-state index in [1.165, 1.54) is 0 Å². The molecule has 146 valence electrons. The summed E-state index contributed by atoms with van der Waals surface area (Å²) in [6, 6.07) is 9.43. The highest BCUT2D eigenvalue weighted by molar-refractivity contribution is 6.52. The minimum Gasteiger partial charge on any atom is -0.481 e. The van der Waals surface area contributed by atoms with Crippen LogP contribution in [-0.2, 0) is 16.1 Å². The maximum Gasteiger partial charge on any atom is 0.307 e. The average molecular weight is 459 g/mol. The lowest BCUT2D eigenvalue weighted by Crippen LogP contribution is -2.40. The fourth-order valence-corrected chi connectivity index (χ4v) is 5.79. The van der Waals surface area contributed by atoms with Gasteiger partial charge in [0.2, 0.25) is 5.91 Å². The number of carbonyl (C=O) groups is 2. The van der Waals surface area contributed by atoms with Gasteiger partial charge >= 0.3 is 5.97 Å². The van der Waals surface area contributed by atoms with Gasteiger partial charge in [0.25, 0.3) is 0 Å². The zero-order valence-electron chi connectivity index (χ0n) is 14.4. The van der Waals surface area contributed by atoms with E-state index in [2.05, 4.69) is 5.32 Å². The van der Waals surface area contributed by atoms with E-state index in [4.69, 9.17) is 46.4 Å². The minimum absolute atomic E-state index is 0.119. The maximum absolute atomic E-state index is 13.0. The zero-order chi connectivity index (χ0) is 20.2. The Morgan fingerprint density at radius 1 is 0.893 bits per heavy atom. The van der Waals surface area contributed by atoms with E-state index in [1.807, 2.05) is 30.3 Å². The van der Waals surface area contributed by atoms with Crippen molar-refractivity contribution in [3.63, 3.8) is 0 Å². The lowest BCUT2D eigenvalue weighted by atomic mass is 9.75. The van der Waals surface area contributed by atoms with Gasteiger partial charge in [0.05, 0.1) is 31.9 Å². The van der Waals surface area contributed by atoms with Gasteiger partial charge in [0.15, 0.2) is 0 Å². The van der Waals surface area contributed by atoms with E-state index in [-0.39, 0.29) is 31.9 Å². The molecule has 28 heavy (non-hydrogen) atoms. The Labute approximate surface area is 181 Å². The Hall–Kier alpha value is -1.46. The van der Waals surface area contributed by atoms with Crippen LogP contribution in [0.4, 0.5) is 0 Å². The number of aliphatic carboxylic acids is 1. The highest BCUT2D eigenvalue weighted by Crippen LogP contribution is 2.64. The highest BCUT2D eigenvalue weighted by Gasteiger charge is 2.58. The molecule has 0 radical (unpaired) electrons. The van der Waals surface area contributed by atoms with E-state index >= 15 is 0 Å². The molecule has 2 aromatic rings. The van der Waals surface area contributed by atoms with Crippen molar-refractivity contribution in [3.05, 3.63) is 67.1 Å². The first kappa shape index (κ1) is 19.8. The number of hydrogen-bond acceptors (Lipinski definition) is 2. The summed E-state index contributed by atoms with van der Waals surface area (Å²) in [7, 11) is 0. The van der Waals surface area contributed by atoms with E-state index < -0.39 is 23.7 Å². The molecule has 0 aromatic heterocycles. The number of carboxylic acids is 1. The third-order valence-corrected chi connectivity index (χ3v) is 7.57. The molecule has 1 fully saturated rings. The van der Waals surface area contributed by atoms with Crippen molar-refractivity contribution in [3.8, 4) is 0 Å². The molecule has 0 aliphatic heterocycles. The van der Waals surface area contributed by atoms with Gasteiger partial charge in [0.1, 0.15) is 0 Å². The van der Waals surface area contributed by atoms with Gasteiger partial charge in [0, 0.05) is 12.5 Å². The molecule has 0 spiro atoms. The van der Waals surface area contributed by atoms with Crippen molar-refractivity contribution >= 4 is 58.3 Å². The number of nitrogens with one attached hydrogen (secondary N) is 1. The van der Waals surface area contributed by atoms with Crippen LogP contribution >= 0.6 is 46.4 Å². The summed E-state index contributed by atoms with van der Waals surface area (Å²) in [5, 5.41) is 13.4. The fourth-order valence-electron chi connectivity index (χ4n) is 4.63. The summed E-state index contributed by atoms with van der Waals surface area (Å²) >= 11 is 25.2. The van der Waals surface area contributed by atoms with Crippen LogP contribution in [-0.4, -0.2) is 17.0 Å². The van der Waals surface area contributed by atoms with Crippen molar-refractivity contribution < 1.29 is 14.7 Å². The molecule has 4 atom stereocenters. The second-order valence-corrected chi connectivity index (χ2v) is 8.64. The van der Waals surface area contributed by atoms with Crippen molar-refractivity contribution in [1.82, 2.24) is 5.32 Å². The van der Waals surface area contributed by atoms with Gasteiger partial charge in [-0.3, -0.25) is 9.59 Å². The van der Waals surface area contributed by atoms with E-state index in [0.717, 1.165) is 5.56 Å². The van der Waals surface area contributed by atoms with Crippen LogP contribution in [0.1, 0.15) is 34.9 Å². The molecule has 2 aromatic carbocycles. The summed E-state index contributed by atoms with van der Waals surface area (Å²) < 4.78 is 0. The van der Waals surface area contributed by atoms with Crippen LogP contribution in [0, 0.1) is 11.8 Å². The zero-order valence-corrected chi connectivity index (χ0v) is 17.4. The first-order chi connectivity index (χ1) is 13.3. The number of fused-ring (bicyclic) bond motifs is 5. The predicted octanol–water partition coefficient (Wildman–Crippen LogP) is 5.52. The average Bonchev–Trinajstić information content (AvgIpc) is 3.26. The molecule has 2 aliphatic carbocycles. The number of halogens is 4. The van der Waals surface area contributed by atoms with Gasteiger partial charge in [-0.05, 0) is 29.0 Å². The number of benzene rings is 2. The summed E-state index contributed by atoms with van der Waals surface area (Å²) in [6.07, 6.45) is 0.478. The van der Waals surface area contributed by atoms with E-state index in [9.17, 15) is 14.7 Å². The van der Waals surface area contributed by atoms with Gasteiger partial charge < -0.3 is 10.4 Å². The van der Waals surface area contributed by atoms with Gasteiger partial charge in [-0.25, -0.2) is 0 Å². The summed E-state index contributed by atoms with van der Waals surface area (Å²) in [4.78, 5) is 25.0. The number of hydrogen-bond donors (Lipinski definition) is 2. The van der Waals surface area contributed by atoms with Crippen LogP contribution in [0.5, 0.6) is 0 Å². The third kappa shape index (κ3) is 2.98. The molecule has 0 heterocycles. The van der Waals surface area contributed by atoms with Gasteiger partial charge in [-0.1, -0.05) is 76.7 Å². The second kappa shape index (κ2) is 7.42. The lowest BCUT2D eigenvalue weighted by Gasteiger charge is -2.31. The standard InChI is InChI=1S/C20H15Cl4NO3/c21-15-11-9-6-10(12(11)16(22)18(24)17(15)23)14(20(27)28)13(9)19(26)25-7-8-4-2-1-3-5-8/h1-5,9-10,13-14H,6-7H2,(H,25,26)(H,27,28). The molecule has 4 rings (SSSR count). The Kier molecular flexibility index (Phi) is 5.25. The fraction of sp³-hybridized carbons (Fsp3) is 0.300.